The van der Waals surface area contributed by atoms with E-state index in [0.29, 0.717) is 11.4 Å². The molecule has 1 heterocycles. The number of hydrogen-bond acceptors (Lipinski definition) is 5. The van der Waals surface area contributed by atoms with Crippen LogP contribution in [0.2, 0.25) is 5.02 Å². The van der Waals surface area contributed by atoms with Crippen LogP contribution < -0.4 is 5.32 Å². The number of halogens is 1. The van der Waals surface area contributed by atoms with E-state index in [1.807, 2.05) is 42.5 Å². The van der Waals surface area contributed by atoms with Gasteiger partial charge in [0.15, 0.2) is 0 Å². The largest absolute Gasteiger partial charge is 0.480 e. The fourth-order valence-corrected chi connectivity index (χ4v) is 6.10. The highest BCUT2D eigenvalue weighted by atomic mass is 35.5. The van der Waals surface area contributed by atoms with E-state index in [4.69, 9.17) is 11.6 Å². The Morgan fingerprint density at radius 2 is 1.79 bits per heavy atom. The number of sulfone groups is 1. The van der Waals surface area contributed by atoms with Crippen LogP contribution in [0.3, 0.4) is 0 Å². The Morgan fingerprint density at radius 3 is 2.45 bits per heavy atom. The fourth-order valence-electron chi connectivity index (χ4n) is 3.41. The Kier molecular flexibility index (Phi) is 5.25. The lowest BCUT2D eigenvalue weighted by Crippen LogP contribution is -2.43. The van der Waals surface area contributed by atoms with Crippen molar-refractivity contribution in [2.24, 2.45) is 0 Å². The van der Waals surface area contributed by atoms with E-state index in [1.165, 1.54) is 0 Å². The van der Waals surface area contributed by atoms with Gasteiger partial charge < -0.3 is 5.11 Å². The van der Waals surface area contributed by atoms with Gasteiger partial charge in [0.1, 0.15) is 15.6 Å². The second-order valence-corrected chi connectivity index (χ2v) is 10.7. The average Bonchev–Trinajstić information content (AvgIpc) is 3.25. The molecule has 8 heteroatoms. The molecule has 1 fully saturated rings. The number of carbonyl (C=O) groups is 1. The van der Waals surface area contributed by atoms with E-state index in [9.17, 15) is 18.3 Å². The van der Waals surface area contributed by atoms with Crippen LogP contribution in [0.5, 0.6) is 0 Å². The zero-order valence-corrected chi connectivity index (χ0v) is 17.6. The molecule has 0 aliphatic heterocycles. The van der Waals surface area contributed by atoms with Crippen LogP contribution in [0.15, 0.2) is 70.9 Å². The molecule has 5 nitrogen and oxygen atoms in total. The minimum Gasteiger partial charge on any atom is -0.480 e. The molecule has 2 atom stereocenters. The van der Waals surface area contributed by atoms with Crippen molar-refractivity contribution >= 4 is 38.7 Å². The number of hydrogen-bond donors (Lipinski definition) is 2. The molecular weight excluding hydrogens is 430 g/mol. The molecule has 2 N–H and O–H groups in total. The molecule has 0 radical (unpaired) electrons. The van der Waals surface area contributed by atoms with Crippen molar-refractivity contribution < 1.29 is 18.3 Å². The van der Waals surface area contributed by atoms with Gasteiger partial charge in [-0.05, 0) is 41.8 Å². The fraction of sp³-hybridized carbons (Fsp3) is 0.190. The minimum absolute atomic E-state index is 0.201. The molecule has 1 aliphatic carbocycles. The maximum Gasteiger partial charge on any atom is 0.324 e. The standard InChI is InChI=1S/C21H18ClNO4S2/c22-16-8-6-15(7-9-16)18-10-11-19(28-18)29(26,27)13-23-21(20(24)25)12-17(21)14-4-2-1-3-5-14/h1-11,17,23H,12-13H2,(H,24,25)/t17-,21+/m0/s1. The third kappa shape index (κ3) is 3.96. The van der Waals surface area contributed by atoms with Crippen molar-refractivity contribution in [2.45, 2.75) is 22.1 Å². The maximum atomic E-state index is 12.8. The lowest BCUT2D eigenvalue weighted by molar-refractivity contribution is -0.140. The number of carboxylic acid groups (broad SMARTS) is 1. The summed E-state index contributed by atoms with van der Waals surface area (Å²) in [6, 6.07) is 19.8. The second-order valence-electron chi connectivity index (χ2n) is 7.01. The number of thiophene rings is 1. The highest BCUT2D eigenvalue weighted by Crippen LogP contribution is 2.51. The molecule has 0 unspecified atom stereocenters. The van der Waals surface area contributed by atoms with Gasteiger partial charge in [-0.1, -0.05) is 54.1 Å². The highest BCUT2D eigenvalue weighted by Gasteiger charge is 2.61. The summed E-state index contributed by atoms with van der Waals surface area (Å²) in [5.41, 5.74) is 0.521. The van der Waals surface area contributed by atoms with Crippen molar-refractivity contribution in [2.75, 3.05) is 5.88 Å². The monoisotopic (exact) mass is 447 g/mol. The Hall–Kier alpha value is -2.19. The van der Waals surface area contributed by atoms with Crippen molar-refractivity contribution in [1.82, 2.24) is 5.32 Å². The van der Waals surface area contributed by atoms with Gasteiger partial charge in [-0.25, -0.2) is 8.42 Å². The van der Waals surface area contributed by atoms with Gasteiger partial charge in [0, 0.05) is 15.8 Å². The molecule has 0 amide bonds. The van der Waals surface area contributed by atoms with Crippen LogP contribution in [-0.2, 0) is 14.6 Å². The third-order valence-electron chi connectivity index (χ3n) is 5.14. The highest BCUT2D eigenvalue weighted by molar-refractivity contribution is 7.93. The Balaban J connectivity index is 1.50. The van der Waals surface area contributed by atoms with E-state index >= 15 is 0 Å². The van der Waals surface area contributed by atoms with Gasteiger partial charge in [0.25, 0.3) is 0 Å². The van der Waals surface area contributed by atoms with E-state index < -0.39 is 27.2 Å². The Labute approximate surface area is 177 Å². The van der Waals surface area contributed by atoms with Crippen LogP contribution in [0.1, 0.15) is 17.9 Å². The summed E-state index contributed by atoms with van der Waals surface area (Å²) in [5.74, 6) is -1.71. The molecule has 1 aromatic heterocycles. The predicted molar refractivity (Wildman–Crippen MR) is 114 cm³/mol. The van der Waals surface area contributed by atoms with Gasteiger partial charge in [-0.2, -0.15) is 0 Å². The number of aliphatic carboxylic acids is 1. The van der Waals surface area contributed by atoms with Crippen LogP contribution >= 0.6 is 22.9 Å². The topological polar surface area (TPSA) is 83.5 Å². The van der Waals surface area contributed by atoms with E-state index in [0.717, 1.165) is 27.3 Å². The zero-order valence-electron chi connectivity index (χ0n) is 15.2. The minimum atomic E-state index is -3.67. The van der Waals surface area contributed by atoms with Gasteiger partial charge in [0.2, 0.25) is 9.84 Å². The molecule has 150 valence electrons. The maximum absolute atomic E-state index is 12.8. The molecule has 29 heavy (non-hydrogen) atoms. The summed E-state index contributed by atoms with van der Waals surface area (Å²) in [6.07, 6.45) is 0.363. The summed E-state index contributed by atoms with van der Waals surface area (Å²) in [4.78, 5) is 12.7. The molecular formula is C21H18ClNO4S2. The first-order chi connectivity index (χ1) is 13.8. The molecule has 1 saturated carbocycles. The lowest BCUT2D eigenvalue weighted by atomic mass is 10.1. The summed E-state index contributed by atoms with van der Waals surface area (Å²) in [5, 5.41) is 13.1. The van der Waals surface area contributed by atoms with Gasteiger partial charge in [-0.15, -0.1) is 11.3 Å². The summed E-state index contributed by atoms with van der Waals surface area (Å²) in [6.45, 7) is 0. The molecule has 2 aromatic carbocycles. The van der Waals surface area contributed by atoms with Crippen LogP contribution in [-0.4, -0.2) is 30.9 Å². The van der Waals surface area contributed by atoms with Gasteiger partial charge in [0.05, 0.1) is 0 Å². The van der Waals surface area contributed by atoms with Gasteiger partial charge in [-0.3, -0.25) is 10.1 Å². The molecule has 0 bridgehead atoms. The van der Waals surface area contributed by atoms with Crippen molar-refractivity contribution in [3.63, 3.8) is 0 Å². The van der Waals surface area contributed by atoms with E-state index in [1.54, 1.807) is 24.3 Å². The first-order valence-electron chi connectivity index (χ1n) is 8.94. The van der Waals surface area contributed by atoms with Crippen molar-refractivity contribution in [3.05, 3.63) is 77.3 Å². The third-order valence-corrected chi connectivity index (χ3v) is 8.60. The van der Waals surface area contributed by atoms with E-state index in [-0.39, 0.29) is 10.1 Å². The van der Waals surface area contributed by atoms with Crippen molar-refractivity contribution in [1.29, 1.82) is 0 Å². The smallest absolute Gasteiger partial charge is 0.324 e. The summed E-state index contributed by atoms with van der Waals surface area (Å²) in [7, 11) is -3.67. The first-order valence-corrected chi connectivity index (χ1v) is 11.8. The molecule has 3 aromatic rings. The van der Waals surface area contributed by atoms with Crippen LogP contribution in [0.25, 0.3) is 10.4 Å². The van der Waals surface area contributed by atoms with Crippen LogP contribution in [0.4, 0.5) is 0 Å². The number of benzene rings is 2. The van der Waals surface area contributed by atoms with E-state index in [2.05, 4.69) is 5.32 Å². The van der Waals surface area contributed by atoms with Crippen molar-refractivity contribution in [3.8, 4) is 10.4 Å². The quantitative estimate of drug-likeness (QED) is 0.560. The molecule has 0 spiro atoms. The second kappa shape index (κ2) is 7.57. The summed E-state index contributed by atoms with van der Waals surface area (Å²) < 4.78 is 25.8. The Morgan fingerprint density at radius 1 is 1.10 bits per heavy atom. The molecule has 0 saturated heterocycles. The Bertz CT molecular complexity index is 1140. The lowest BCUT2D eigenvalue weighted by Gasteiger charge is -2.15. The van der Waals surface area contributed by atoms with Crippen LogP contribution in [0, 0.1) is 0 Å². The molecule has 4 rings (SSSR count). The number of carboxylic acids is 1. The molecule has 1 aliphatic rings. The normalized spacial score (nSPS) is 21.1. The summed E-state index contributed by atoms with van der Waals surface area (Å²) >= 11 is 7.06. The average molecular weight is 448 g/mol. The number of nitrogens with one attached hydrogen (secondary N) is 1. The number of rotatable bonds is 7. The predicted octanol–water partition coefficient (Wildman–Crippen LogP) is 4.40. The first kappa shape index (κ1) is 20.1. The SMILES string of the molecule is O=C(O)[C@@]1(NCS(=O)(=O)c2ccc(-c3ccc(Cl)cc3)s2)C[C@H]1c1ccccc1. The van der Waals surface area contributed by atoms with Gasteiger partial charge >= 0.3 is 5.97 Å². The zero-order chi connectivity index (χ0) is 20.6.